The summed E-state index contributed by atoms with van der Waals surface area (Å²) < 4.78 is 0. The summed E-state index contributed by atoms with van der Waals surface area (Å²) in [7, 11) is -1.66. The Morgan fingerprint density at radius 1 is 0.923 bits per heavy atom. The SMILES string of the molecule is CC1=[C-]C(C)C([Si](C)(c2ccccc2)C2CCCCC2)=C1C.[Cl-].[Cl-].[Cl-].[Ti+4]. The summed E-state index contributed by atoms with van der Waals surface area (Å²) in [5.41, 5.74) is 3.85. The Morgan fingerprint density at radius 2 is 1.46 bits per heavy atom. The van der Waals surface area contributed by atoms with Gasteiger partial charge in [-0.15, -0.1) is 6.92 Å². The summed E-state index contributed by atoms with van der Waals surface area (Å²) in [6, 6.07) is 11.4. The largest absolute Gasteiger partial charge is 4.00 e. The molecule has 2 atom stereocenters. The molecule has 26 heavy (non-hydrogen) atoms. The van der Waals surface area contributed by atoms with Crippen molar-refractivity contribution in [3.63, 3.8) is 0 Å². The van der Waals surface area contributed by atoms with Gasteiger partial charge in [-0.3, -0.25) is 6.08 Å². The molecular weight excluding hydrogens is 435 g/mol. The molecule has 5 heteroatoms. The monoisotopic (exact) mass is 462 g/mol. The van der Waals surface area contributed by atoms with E-state index in [1.165, 1.54) is 37.7 Å². The predicted octanol–water partition coefficient (Wildman–Crippen LogP) is -3.43. The van der Waals surface area contributed by atoms with Crippen LogP contribution in [0.4, 0.5) is 0 Å². The van der Waals surface area contributed by atoms with Gasteiger partial charge in [0.15, 0.2) is 0 Å². The molecule has 0 nitrogen and oxygen atoms in total. The fourth-order valence-electron chi connectivity index (χ4n) is 4.95. The Bertz CT molecular complexity index is 609. The minimum absolute atomic E-state index is 0. The maximum Gasteiger partial charge on any atom is 4.00 e. The molecule has 1 fully saturated rings. The summed E-state index contributed by atoms with van der Waals surface area (Å²) in [6.07, 6.45) is 10.9. The molecule has 1 aromatic carbocycles. The molecule has 2 unspecified atom stereocenters. The normalized spacial score (nSPS) is 22.0. The Morgan fingerprint density at radius 3 is 1.92 bits per heavy atom. The van der Waals surface area contributed by atoms with Crippen molar-refractivity contribution < 1.29 is 58.9 Å². The van der Waals surface area contributed by atoms with E-state index >= 15 is 0 Å². The van der Waals surface area contributed by atoms with Gasteiger partial charge in [0, 0.05) is 0 Å². The minimum Gasteiger partial charge on any atom is -1.00 e. The zero-order chi connectivity index (χ0) is 15.7. The van der Waals surface area contributed by atoms with Gasteiger partial charge in [0.1, 0.15) is 0 Å². The van der Waals surface area contributed by atoms with Crippen molar-refractivity contribution in [2.75, 3.05) is 0 Å². The summed E-state index contributed by atoms with van der Waals surface area (Å²) in [5.74, 6) is 0.513. The van der Waals surface area contributed by atoms with Gasteiger partial charge >= 0.3 is 21.7 Å². The molecule has 0 aromatic heterocycles. The van der Waals surface area contributed by atoms with Gasteiger partial charge < -0.3 is 37.2 Å². The quantitative estimate of drug-likeness (QED) is 0.324. The number of allylic oxidation sites excluding steroid dienone is 4. The van der Waals surface area contributed by atoms with Crippen LogP contribution in [0.3, 0.4) is 0 Å². The number of benzene rings is 1. The van der Waals surface area contributed by atoms with E-state index in [1.54, 1.807) is 16.0 Å². The van der Waals surface area contributed by atoms with Crippen LogP contribution >= 0.6 is 0 Å². The minimum atomic E-state index is -1.66. The summed E-state index contributed by atoms with van der Waals surface area (Å²) >= 11 is 0. The molecule has 1 saturated carbocycles. The molecular formula is C21H29Cl3SiTi. The predicted molar refractivity (Wildman–Crippen MR) is 98.8 cm³/mol. The van der Waals surface area contributed by atoms with E-state index < -0.39 is 8.07 Å². The first kappa shape index (κ1) is 28.7. The van der Waals surface area contributed by atoms with Crippen LogP contribution in [-0.2, 0) is 21.7 Å². The van der Waals surface area contributed by atoms with Gasteiger partial charge in [-0.1, -0.05) is 93.9 Å². The average Bonchev–Trinajstić information content (AvgIpc) is 2.81. The van der Waals surface area contributed by atoms with Crippen LogP contribution in [0.1, 0.15) is 52.9 Å². The Labute approximate surface area is 194 Å². The molecule has 0 N–H and O–H groups in total. The van der Waals surface area contributed by atoms with Gasteiger partial charge in [0.2, 0.25) is 0 Å². The molecule has 0 bridgehead atoms. The van der Waals surface area contributed by atoms with E-state index in [2.05, 4.69) is 63.7 Å². The second-order valence-corrected chi connectivity index (χ2v) is 11.8. The fraction of sp³-hybridized carbons (Fsp3) is 0.524. The van der Waals surface area contributed by atoms with Crippen molar-refractivity contribution in [2.45, 2.75) is 65.0 Å². The van der Waals surface area contributed by atoms with Gasteiger partial charge in [0.05, 0.1) is 8.07 Å². The summed E-state index contributed by atoms with van der Waals surface area (Å²) in [5, 5.41) is 3.41. The molecule has 3 rings (SSSR count). The average molecular weight is 464 g/mol. The zero-order valence-corrected chi connectivity index (χ0v) is 21.0. The summed E-state index contributed by atoms with van der Waals surface area (Å²) in [6.45, 7) is 9.61. The summed E-state index contributed by atoms with van der Waals surface area (Å²) in [4.78, 5) is 0. The van der Waals surface area contributed by atoms with Gasteiger partial charge in [-0.05, 0) is 5.54 Å². The molecule has 1 aromatic rings. The number of rotatable bonds is 3. The number of hydrogen-bond acceptors (Lipinski definition) is 0. The van der Waals surface area contributed by atoms with E-state index in [4.69, 9.17) is 0 Å². The maximum absolute atomic E-state index is 3.71. The first-order valence-corrected chi connectivity index (χ1v) is 11.5. The second kappa shape index (κ2) is 12.1. The van der Waals surface area contributed by atoms with E-state index in [9.17, 15) is 0 Å². The zero-order valence-electron chi connectivity index (χ0n) is 16.2. The Kier molecular flexibility index (Phi) is 13.4. The standard InChI is InChI=1S/C21H29Si.3ClH.Ti/c1-16-15-17(2)21(18(16)3)22(4,19-11-7-5-8-12-19)20-13-9-6-10-14-20;;;;/h5,7-8,11-12,17,20H,6,9-10,13-14H2,1-4H3;3*1H;/q-1;;;;+4/p-3. The van der Waals surface area contributed by atoms with Gasteiger partial charge in [-0.25, -0.2) is 11.1 Å². The molecule has 0 amide bonds. The topological polar surface area (TPSA) is 0 Å². The van der Waals surface area contributed by atoms with Crippen LogP contribution in [0.5, 0.6) is 0 Å². The number of halogens is 3. The van der Waals surface area contributed by atoms with Gasteiger partial charge in [-0.2, -0.15) is 5.20 Å². The maximum atomic E-state index is 3.71. The van der Waals surface area contributed by atoms with Gasteiger partial charge in [0.25, 0.3) is 0 Å². The molecule has 2 aliphatic carbocycles. The van der Waals surface area contributed by atoms with Crippen molar-refractivity contribution in [3.05, 3.63) is 52.8 Å². The van der Waals surface area contributed by atoms with Crippen LogP contribution in [0.15, 0.2) is 46.7 Å². The number of hydrogen-bond donors (Lipinski definition) is 0. The van der Waals surface area contributed by atoms with Crippen LogP contribution in [0.2, 0.25) is 12.1 Å². The third-order valence-electron chi connectivity index (χ3n) is 6.19. The van der Waals surface area contributed by atoms with E-state index in [1.807, 2.05) is 0 Å². The van der Waals surface area contributed by atoms with Crippen molar-refractivity contribution in [2.24, 2.45) is 5.92 Å². The molecule has 0 spiro atoms. The Hall–Kier alpha value is 0.501. The Balaban J connectivity index is 0. The van der Waals surface area contributed by atoms with Crippen LogP contribution in [0.25, 0.3) is 0 Å². The molecule has 0 saturated heterocycles. The van der Waals surface area contributed by atoms with Crippen molar-refractivity contribution in [1.82, 2.24) is 0 Å². The molecule has 0 heterocycles. The first-order valence-electron chi connectivity index (χ1n) is 8.92. The molecule has 0 aliphatic heterocycles. The van der Waals surface area contributed by atoms with E-state index in [-0.39, 0.29) is 58.9 Å². The first-order chi connectivity index (χ1) is 10.5. The van der Waals surface area contributed by atoms with E-state index in [0.29, 0.717) is 5.92 Å². The fourth-order valence-corrected chi connectivity index (χ4v) is 10.6. The second-order valence-electron chi connectivity index (χ2n) is 7.43. The van der Waals surface area contributed by atoms with Crippen LogP contribution in [-0.4, -0.2) is 8.07 Å². The van der Waals surface area contributed by atoms with Crippen LogP contribution in [0, 0.1) is 12.0 Å². The third-order valence-corrected chi connectivity index (χ3v) is 11.9. The molecule has 142 valence electrons. The van der Waals surface area contributed by atoms with Crippen molar-refractivity contribution in [3.8, 4) is 0 Å². The molecule has 2 aliphatic rings. The molecule has 0 radical (unpaired) electrons. The smallest absolute Gasteiger partial charge is 1.00 e. The third kappa shape index (κ3) is 5.31. The van der Waals surface area contributed by atoms with E-state index in [0.717, 1.165) is 5.54 Å². The van der Waals surface area contributed by atoms with Crippen molar-refractivity contribution in [1.29, 1.82) is 0 Å². The van der Waals surface area contributed by atoms with Crippen molar-refractivity contribution >= 4 is 13.3 Å². The van der Waals surface area contributed by atoms with Crippen LogP contribution < -0.4 is 42.4 Å².